The van der Waals surface area contributed by atoms with E-state index in [0.29, 0.717) is 38.5 Å². The molecule has 5 nitrogen and oxygen atoms in total. The molecule has 124 valence electrons. The first-order valence-electron chi connectivity index (χ1n) is 8.49. The van der Waals surface area contributed by atoms with E-state index in [1.165, 1.54) is 12.8 Å². The van der Waals surface area contributed by atoms with Crippen LogP contribution in [-0.2, 0) is 14.2 Å². The summed E-state index contributed by atoms with van der Waals surface area (Å²) >= 11 is 0. The highest BCUT2D eigenvalue weighted by Gasteiger charge is 2.40. The van der Waals surface area contributed by atoms with Crippen molar-refractivity contribution in [1.29, 1.82) is 0 Å². The molecule has 3 atom stereocenters. The molecule has 2 aliphatic rings. The zero-order valence-electron chi connectivity index (χ0n) is 13.3. The molecule has 1 saturated heterocycles. The van der Waals surface area contributed by atoms with Gasteiger partial charge in [0.05, 0.1) is 32.0 Å². The molecule has 5 heteroatoms. The monoisotopic (exact) mass is 301 g/mol. The van der Waals surface area contributed by atoms with E-state index >= 15 is 0 Å². The van der Waals surface area contributed by atoms with Gasteiger partial charge in [-0.05, 0) is 31.6 Å². The molecule has 0 spiro atoms. The van der Waals surface area contributed by atoms with Crippen molar-refractivity contribution in [2.24, 2.45) is 5.92 Å². The van der Waals surface area contributed by atoms with Crippen molar-refractivity contribution < 1.29 is 19.3 Å². The second-order valence-electron chi connectivity index (χ2n) is 6.17. The van der Waals surface area contributed by atoms with Gasteiger partial charge >= 0.3 is 0 Å². The molecule has 1 aliphatic carbocycles. The number of ether oxygens (including phenoxy) is 3. The van der Waals surface area contributed by atoms with Crippen molar-refractivity contribution >= 4 is 0 Å². The predicted octanol–water partition coefficient (Wildman–Crippen LogP) is 1.34. The second-order valence-corrected chi connectivity index (χ2v) is 6.17. The smallest absolute Gasteiger partial charge is 0.0897 e. The molecule has 0 aromatic rings. The Bertz CT molecular complexity index is 273. The summed E-state index contributed by atoms with van der Waals surface area (Å²) in [4.78, 5) is 0. The summed E-state index contributed by atoms with van der Waals surface area (Å²) in [7, 11) is 0. The molecule has 2 N–H and O–H groups in total. The van der Waals surface area contributed by atoms with Gasteiger partial charge in [-0.2, -0.15) is 0 Å². The van der Waals surface area contributed by atoms with Crippen molar-refractivity contribution in [3.05, 3.63) is 0 Å². The van der Waals surface area contributed by atoms with Gasteiger partial charge in [0.15, 0.2) is 0 Å². The van der Waals surface area contributed by atoms with Gasteiger partial charge in [-0.15, -0.1) is 0 Å². The molecule has 0 aromatic carbocycles. The molecule has 0 radical (unpaired) electrons. The number of aliphatic hydroxyl groups is 1. The molecular formula is C16H31NO4. The Morgan fingerprint density at radius 3 is 2.76 bits per heavy atom. The highest BCUT2D eigenvalue weighted by atomic mass is 16.5. The van der Waals surface area contributed by atoms with Gasteiger partial charge < -0.3 is 24.6 Å². The van der Waals surface area contributed by atoms with Crippen LogP contribution in [0.1, 0.15) is 39.0 Å². The minimum Gasteiger partial charge on any atom is -0.389 e. The van der Waals surface area contributed by atoms with Crippen molar-refractivity contribution in [1.82, 2.24) is 5.32 Å². The zero-order chi connectivity index (χ0) is 14.9. The summed E-state index contributed by atoms with van der Waals surface area (Å²) in [5.74, 6) is 0.749. The highest BCUT2D eigenvalue weighted by Crippen LogP contribution is 2.38. The molecule has 21 heavy (non-hydrogen) atoms. The number of hydrogen-bond donors (Lipinski definition) is 2. The van der Waals surface area contributed by atoms with Crippen LogP contribution in [-0.4, -0.2) is 62.9 Å². The predicted molar refractivity (Wildman–Crippen MR) is 81.4 cm³/mol. The van der Waals surface area contributed by atoms with Gasteiger partial charge in [0.1, 0.15) is 0 Å². The topological polar surface area (TPSA) is 60.0 Å². The number of nitrogens with one attached hydrogen (secondary N) is 1. The summed E-state index contributed by atoms with van der Waals surface area (Å²) in [6.07, 6.45) is 5.81. The normalized spacial score (nSPS) is 27.1. The molecule has 0 bridgehead atoms. The first-order valence-corrected chi connectivity index (χ1v) is 8.49. The quantitative estimate of drug-likeness (QED) is 0.533. The molecule has 0 aromatic heterocycles. The lowest BCUT2D eigenvalue weighted by molar-refractivity contribution is 0.00183. The van der Waals surface area contributed by atoms with E-state index in [-0.39, 0.29) is 0 Å². The Balaban J connectivity index is 1.45. The van der Waals surface area contributed by atoms with Crippen molar-refractivity contribution in [3.63, 3.8) is 0 Å². The summed E-state index contributed by atoms with van der Waals surface area (Å²) in [6.45, 7) is 5.90. The fraction of sp³-hybridized carbons (Fsp3) is 1.00. The lowest BCUT2D eigenvalue weighted by Gasteiger charge is -2.21. The standard InChI is InChI=1S/C16H31NO4/c1-2-3-7-19-9-10-20-12-14(18)11-17-15-6-8-21-16(15)13-4-5-13/h13-18H,2-12H2,1H3. The maximum Gasteiger partial charge on any atom is 0.0897 e. The minimum atomic E-state index is -0.457. The third kappa shape index (κ3) is 6.61. The maximum atomic E-state index is 9.92. The first kappa shape index (κ1) is 17.2. The average Bonchev–Trinajstić information content (AvgIpc) is 3.23. The van der Waals surface area contributed by atoms with Gasteiger partial charge in [0, 0.05) is 25.8 Å². The SMILES string of the molecule is CCCCOCCOCC(O)CNC1CCOC1C1CC1. The van der Waals surface area contributed by atoms with Crippen LogP contribution in [0.4, 0.5) is 0 Å². The fourth-order valence-corrected chi connectivity index (χ4v) is 2.75. The molecule has 0 amide bonds. The highest BCUT2D eigenvalue weighted by molar-refractivity contribution is 4.93. The Morgan fingerprint density at radius 2 is 2.00 bits per heavy atom. The largest absolute Gasteiger partial charge is 0.389 e. The number of aliphatic hydroxyl groups excluding tert-OH is 1. The summed E-state index contributed by atoms with van der Waals surface area (Å²) in [5.41, 5.74) is 0. The lowest BCUT2D eigenvalue weighted by Crippen LogP contribution is -2.42. The van der Waals surface area contributed by atoms with E-state index in [4.69, 9.17) is 14.2 Å². The average molecular weight is 301 g/mol. The number of hydrogen-bond acceptors (Lipinski definition) is 5. The van der Waals surface area contributed by atoms with Crippen LogP contribution < -0.4 is 5.32 Å². The molecule has 3 unspecified atom stereocenters. The number of rotatable bonds is 12. The third-order valence-corrected chi connectivity index (χ3v) is 4.16. The number of unbranched alkanes of at least 4 members (excludes halogenated alkanes) is 1. The zero-order valence-corrected chi connectivity index (χ0v) is 13.3. The van der Waals surface area contributed by atoms with Crippen LogP contribution in [0.25, 0.3) is 0 Å². The van der Waals surface area contributed by atoms with Crippen LogP contribution in [0.3, 0.4) is 0 Å². The van der Waals surface area contributed by atoms with Gasteiger partial charge in [-0.1, -0.05) is 13.3 Å². The summed E-state index contributed by atoms with van der Waals surface area (Å²) in [5, 5.41) is 13.4. The van der Waals surface area contributed by atoms with Gasteiger partial charge in [0.2, 0.25) is 0 Å². The van der Waals surface area contributed by atoms with Crippen molar-refractivity contribution in [2.75, 3.05) is 39.6 Å². The second kappa shape index (κ2) is 9.74. The van der Waals surface area contributed by atoms with E-state index in [1.54, 1.807) is 0 Å². The summed E-state index contributed by atoms with van der Waals surface area (Å²) in [6, 6.07) is 0.407. The Labute approximate surface area is 128 Å². The van der Waals surface area contributed by atoms with E-state index in [9.17, 15) is 5.11 Å². The third-order valence-electron chi connectivity index (χ3n) is 4.16. The van der Waals surface area contributed by atoms with Crippen LogP contribution in [0.2, 0.25) is 0 Å². The van der Waals surface area contributed by atoms with E-state index < -0.39 is 6.10 Å². The van der Waals surface area contributed by atoms with E-state index in [2.05, 4.69) is 12.2 Å². The van der Waals surface area contributed by atoms with Crippen LogP contribution in [0.5, 0.6) is 0 Å². The van der Waals surface area contributed by atoms with Gasteiger partial charge in [-0.3, -0.25) is 0 Å². The molecule has 2 rings (SSSR count). The molecule has 1 aliphatic heterocycles. The molecule has 1 saturated carbocycles. The van der Waals surface area contributed by atoms with Crippen LogP contribution in [0, 0.1) is 5.92 Å². The molecule has 2 fully saturated rings. The van der Waals surface area contributed by atoms with E-state index in [1.807, 2.05) is 0 Å². The summed E-state index contributed by atoms with van der Waals surface area (Å²) < 4.78 is 16.6. The maximum absolute atomic E-state index is 9.92. The Morgan fingerprint density at radius 1 is 1.19 bits per heavy atom. The Hall–Kier alpha value is -0.200. The molecule has 1 heterocycles. The fourth-order valence-electron chi connectivity index (χ4n) is 2.75. The van der Waals surface area contributed by atoms with Crippen LogP contribution in [0.15, 0.2) is 0 Å². The van der Waals surface area contributed by atoms with Gasteiger partial charge in [-0.25, -0.2) is 0 Å². The van der Waals surface area contributed by atoms with E-state index in [0.717, 1.165) is 38.4 Å². The van der Waals surface area contributed by atoms with Crippen LogP contribution >= 0.6 is 0 Å². The first-order chi connectivity index (χ1) is 10.3. The van der Waals surface area contributed by atoms with Crippen molar-refractivity contribution in [2.45, 2.75) is 57.3 Å². The van der Waals surface area contributed by atoms with Gasteiger partial charge in [0.25, 0.3) is 0 Å². The lowest BCUT2D eigenvalue weighted by atomic mass is 10.1. The Kier molecular flexibility index (Phi) is 7.96. The van der Waals surface area contributed by atoms with Crippen molar-refractivity contribution in [3.8, 4) is 0 Å². The minimum absolute atomic E-state index is 0.366. The molecular weight excluding hydrogens is 270 g/mol.